The Kier molecular flexibility index (Phi) is 10.2. The average molecular weight is 647 g/mol. The van der Waals surface area contributed by atoms with Crippen molar-refractivity contribution in [3.63, 3.8) is 0 Å². The maximum atomic E-state index is 13.6. The van der Waals surface area contributed by atoms with E-state index >= 15 is 0 Å². The van der Waals surface area contributed by atoms with Gasteiger partial charge in [0.1, 0.15) is 37.1 Å². The van der Waals surface area contributed by atoms with Crippen molar-refractivity contribution in [2.24, 2.45) is 0 Å². The van der Waals surface area contributed by atoms with E-state index in [4.69, 9.17) is 28.4 Å². The number of hydrogen-bond donors (Lipinski definition) is 3. The summed E-state index contributed by atoms with van der Waals surface area (Å²) >= 11 is 0. The monoisotopic (exact) mass is 646 g/mol. The Balaban J connectivity index is 1.21. The van der Waals surface area contributed by atoms with E-state index in [1.54, 1.807) is 48.4 Å². The van der Waals surface area contributed by atoms with Crippen LogP contribution in [0.15, 0.2) is 60.7 Å². The molecule has 2 atom stereocenters. The van der Waals surface area contributed by atoms with Gasteiger partial charge in [-0.25, -0.2) is 4.79 Å². The van der Waals surface area contributed by atoms with E-state index in [0.717, 1.165) is 5.56 Å². The predicted octanol–water partition coefficient (Wildman–Crippen LogP) is 3.12. The number of fused-ring (bicyclic) bond motifs is 6. The van der Waals surface area contributed by atoms with Gasteiger partial charge in [0, 0.05) is 50.5 Å². The maximum Gasteiger partial charge on any atom is 0.315 e. The topological polar surface area (TPSA) is 146 Å². The second-order valence-electron chi connectivity index (χ2n) is 11.3. The summed E-state index contributed by atoms with van der Waals surface area (Å²) in [5, 5.41) is 8.62. The Bertz CT molecular complexity index is 1600. The standard InChI is InChI=1S/C34H38N4O9/c1-42-11-12-43-26-16-24-17-27(19-26)47-25-4-2-3-22(15-25)21-46-31-20-38(10-7-28(31)37-34(41)36-9-8-35-32(24)39)33(40)23-5-6-29-30(18-23)45-14-13-44-29/h2-6,15-19,28,31H,7-14,20-21H2,1H3,(H,35,39)(H2,36,37,41)/t28-,31-/m0/s1. The lowest BCUT2D eigenvalue weighted by atomic mass is 10.0. The largest absolute Gasteiger partial charge is 0.491 e. The average Bonchev–Trinajstić information content (AvgIpc) is 3.09. The van der Waals surface area contributed by atoms with Gasteiger partial charge >= 0.3 is 6.03 Å². The molecule has 1 saturated heterocycles. The highest BCUT2D eigenvalue weighted by molar-refractivity contribution is 5.95. The molecule has 13 heteroatoms. The van der Waals surface area contributed by atoms with Gasteiger partial charge in [-0.3, -0.25) is 9.59 Å². The summed E-state index contributed by atoms with van der Waals surface area (Å²) in [6, 6.07) is 16.8. The number of ether oxygens (including phenoxy) is 6. The first-order chi connectivity index (χ1) is 22.9. The summed E-state index contributed by atoms with van der Waals surface area (Å²) in [6.45, 7) is 2.87. The smallest absolute Gasteiger partial charge is 0.315 e. The zero-order chi connectivity index (χ0) is 32.6. The molecule has 248 valence electrons. The van der Waals surface area contributed by atoms with Crippen molar-refractivity contribution in [1.29, 1.82) is 0 Å². The quantitative estimate of drug-likeness (QED) is 0.356. The van der Waals surface area contributed by atoms with Crippen LogP contribution < -0.4 is 34.9 Å². The van der Waals surface area contributed by atoms with Crippen LogP contribution in [0.2, 0.25) is 0 Å². The first-order valence-corrected chi connectivity index (χ1v) is 15.6. The van der Waals surface area contributed by atoms with Crippen molar-refractivity contribution >= 4 is 17.8 Å². The van der Waals surface area contributed by atoms with Crippen LogP contribution in [-0.4, -0.2) is 94.6 Å². The molecule has 3 heterocycles. The molecule has 3 aromatic carbocycles. The molecule has 47 heavy (non-hydrogen) atoms. The molecule has 3 N–H and O–H groups in total. The molecule has 0 unspecified atom stereocenters. The fourth-order valence-electron chi connectivity index (χ4n) is 5.59. The fraction of sp³-hybridized carbons (Fsp3) is 0.382. The van der Waals surface area contributed by atoms with Crippen LogP contribution in [0.3, 0.4) is 0 Å². The van der Waals surface area contributed by atoms with Crippen LogP contribution in [0.5, 0.6) is 28.7 Å². The van der Waals surface area contributed by atoms with Crippen LogP contribution in [-0.2, 0) is 16.1 Å². The number of benzene rings is 3. The molecule has 13 nitrogen and oxygen atoms in total. The third-order valence-corrected chi connectivity index (χ3v) is 7.94. The molecule has 3 aliphatic rings. The summed E-state index contributed by atoms with van der Waals surface area (Å²) in [5.41, 5.74) is 1.66. The number of hydrogen-bond acceptors (Lipinski definition) is 9. The molecule has 1 fully saturated rings. The highest BCUT2D eigenvalue weighted by atomic mass is 16.6. The SMILES string of the molecule is COCCOc1cc2cc(c1)C(=O)NCCNC(=O)N[C@H]1CCN(C(=O)c3ccc4c(c3)OCCO4)C[C@@H]1OCc1cccc(c1)O2. The van der Waals surface area contributed by atoms with Crippen molar-refractivity contribution in [1.82, 2.24) is 20.9 Å². The molecule has 0 aliphatic carbocycles. The van der Waals surface area contributed by atoms with E-state index in [1.165, 1.54) is 0 Å². The molecule has 0 saturated carbocycles. The van der Waals surface area contributed by atoms with Crippen LogP contribution in [0.1, 0.15) is 32.7 Å². The molecule has 3 aliphatic heterocycles. The van der Waals surface area contributed by atoms with Crippen LogP contribution >= 0.6 is 0 Å². The van der Waals surface area contributed by atoms with E-state index in [2.05, 4.69) is 16.0 Å². The van der Waals surface area contributed by atoms with E-state index in [0.29, 0.717) is 79.3 Å². The Morgan fingerprint density at radius 3 is 2.66 bits per heavy atom. The fourth-order valence-corrected chi connectivity index (χ4v) is 5.59. The Labute approximate surface area is 272 Å². The highest BCUT2D eigenvalue weighted by Crippen LogP contribution is 2.32. The lowest BCUT2D eigenvalue weighted by Gasteiger charge is -2.38. The Morgan fingerprint density at radius 2 is 1.79 bits per heavy atom. The van der Waals surface area contributed by atoms with Crippen molar-refractivity contribution in [3.05, 3.63) is 77.4 Å². The Hall–Kier alpha value is -5.01. The van der Waals surface area contributed by atoms with E-state index in [-0.39, 0.29) is 44.1 Å². The zero-order valence-corrected chi connectivity index (χ0v) is 26.1. The van der Waals surface area contributed by atoms with Gasteiger partial charge in [0.25, 0.3) is 11.8 Å². The molecule has 0 radical (unpaired) electrons. The Morgan fingerprint density at radius 1 is 0.936 bits per heavy atom. The van der Waals surface area contributed by atoms with Gasteiger partial charge in [0.15, 0.2) is 11.5 Å². The van der Waals surface area contributed by atoms with Crippen LogP contribution in [0, 0.1) is 0 Å². The first-order valence-electron chi connectivity index (χ1n) is 15.6. The van der Waals surface area contributed by atoms with E-state index in [1.807, 2.05) is 24.3 Å². The van der Waals surface area contributed by atoms with Crippen molar-refractivity contribution in [3.8, 4) is 28.7 Å². The van der Waals surface area contributed by atoms with Gasteiger partial charge in [-0.05, 0) is 54.4 Å². The summed E-state index contributed by atoms with van der Waals surface area (Å²) in [7, 11) is 1.58. The number of carbonyl (C=O) groups is 3. The molecule has 6 rings (SSSR count). The third kappa shape index (κ3) is 8.23. The summed E-state index contributed by atoms with van der Waals surface area (Å²) < 4.78 is 34.7. The normalized spacial score (nSPS) is 19.8. The number of amides is 4. The van der Waals surface area contributed by atoms with Crippen molar-refractivity contribution in [2.45, 2.75) is 25.2 Å². The molecular formula is C34H38N4O9. The minimum atomic E-state index is -0.498. The lowest BCUT2D eigenvalue weighted by Crippen LogP contribution is -2.58. The number of urea groups is 1. The van der Waals surface area contributed by atoms with Gasteiger partial charge in [-0.1, -0.05) is 12.1 Å². The summed E-state index contributed by atoms with van der Waals surface area (Å²) in [6.07, 6.45) is -0.0140. The molecular weight excluding hydrogens is 608 g/mol. The van der Waals surface area contributed by atoms with Gasteiger partial charge in [0.2, 0.25) is 0 Å². The molecule has 0 aromatic heterocycles. The molecule has 4 amide bonds. The third-order valence-electron chi connectivity index (χ3n) is 7.94. The second-order valence-corrected chi connectivity index (χ2v) is 11.3. The number of rotatable bonds is 5. The minimum Gasteiger partial charge on any atom is -0.491 e. The second kappa shape index (κ2) is 15.1. The first kappa shape index (κ1) is 32.0. The number of nitrogens with one attached hydrogen (secondary N) is 3. The minimum absolute atomic E-state index is 0.160. The summed E-state index contributed by atoms with van der Waals surface area (Å²) in [4.78, 5) is 41.2. The summed E-state index contributed by atoms with van der Waals surface area (Å²) in [5.74, 6) is 2.07. The van der Waals surface area contributed by atoms with Crippen molar-refractivity contribution < 1.29 is 42.8 Å². The highest BCUT2D eigenvalue weighted by Gasteiger charge is 2.34. The van der Waals surface area contributed by atoms with Crippen LogP contribution in [0.25, 0.3) is 0 Å². The molecule has 4 bridgehead atoms. The number of likely N-dealkylation sites (tertiary alicyclic amines) is 1. The number of methoxy groups -OCH3 is 1. The van der Waals surface area contributed by atoms with Gasteiger partial charge < -0.3 is 49.3 Å². The van der Waals surface area contributed by atoms with Crippen molar-refractivity contribution in [2.75, 3.05) is 59.7 Å². The van der Waals surface area contributed by atoms with Gasteiger partial charge in [-0.2, -0.15) is 0 Å². The number of piperidine rings is 1. The predicted molar refractivity (Wildman–Crippen MR) is 170 cm³/mol. The maximum absolute atomic E-state index is 13.6. The lowest BCUT2D eigenvalue weighted by molar-refractivity contribution is -0.0235. The molecule has 3 aromatic rings. The van der Waals surface area contributed by atoms with E-state index in [9.17, 15) is 14.4 Å². The van der Waals surface area contributed by atoms with E-state index < -0.39 is 12.1 Å². The van der Waals surface area contributed by atoms with Crippen LogP contribution in [0.4, 0.5) is 4.79 Å². The number of carbonyl (C=O) groups excluding carboxylic acids is 3. The molecule has 0 spiro atoms. The van der Waals surface area contributed by atoms with Gasteiger partial charge in [-0.15, -0.1) is 0 Å². The number of nitrogens with zero attached hydrogens (tertiary/aromatic N) is 1. The van der Waals surface area contributed by atoms with Gasteiger partial charge in [0.05, 0.1) is 25.4 Å². The zero-order valence-electron chi connectivity index (χ0n) is 26.1.